The van der Waals surface area contributed by atoms with Gasteiger partial charge in [0.2, 0.25) is 21.1 Å². The van der Waals surface area contributed by atoms with Crippen molar-refractivity contribution in [3.63, 3.8) is 0 Å². The Balaban J connectivity index is 1.76. The molecule has 1 unspecified atom stereocenters. The van der Waals surface area contributed by atoms with Crippen LogP contribution in [0.1, 0.15) is 18.9 Å². The molecule has 12 heteroatoms. The number of amides is 1. The number of ether oxygens (including phenoxy) is 1. The second kappa shape index (κ2) is 11.2. The third-order valence-corrected chi connectivity index (χ3v) is 8.08. The van der Waals surface area contributed by atoms with Crippen LogP contribution < -0.4 is 14.4 Å². The van der Waals surface area contributed by atoms with Gasteiger partial charge in [0.15, 0.2) is 4.34 Å². The second-order valence-corrected chi connectivity index (χ2v) is 11.4. The van der Waals surface area contributed by atoms with E-state index in [0.29, 0.717) is 15.2 Å². The summed E-state index contributed by atoms with van der Waals surface area (Å²) in [6, 6.07) is 13.5. The molecule has 176 valence electrons. The zero-order chi connectivity index (χ0) is 24.0. The fourth-order valence-corrected chi connectivity index (χ4v) is 6.25. The number of nitrogens with zero attached hydrogens (tertiary/aromatic N) is 3. The zero-order valence-corrected chi connectivity index (χ0v) is 21.4. The number of thioether (sulfide) groups is 1. The van der Waals surface area contributed by atoms with Gasteiger partial charge in [-0.2, -0.15) is 0 Å². The highest BCUT2D eigenvalue weighted by molar-refractivity contribution is 8.00. The van der Waals surface area contributed by atoms with E-state index in [2.05, 4.69) is 15.5 Å². The molecule has 0 aliphatic heterocycles. The van der Waals surface area contributed by atoms with Crippen LogP contribution in [0.4, 0.5) is 10.8 Å². The summed E-state index contributed by atoms with van der Waals surface area (Å²) in [5.41, 5.74) is 1.41. The molecule has 33 heavy (non-hydrogen) atoms. The monoisotopic (exact) mass is 526 g/mol. The van der Waals surface area contributed by atoms with Crippen LogP contribution >= 0.6 is 34.7 Å². The Labute approximate surface area is 206 Å². The molecular weight excluding hydrogens is 504 g/mol. The third-order valence-electron chi connectivity index (χ3n) is 4.56. The minimum absolute atomic E-state index is 0.233. The number of sulfonamides is 1. The summed E-state index contributed by atoms with van der Waals surface area (Å²) in [6.07, 6.45) is 1.28. The highest BCUT2D eigenvalue weighted by Gasteiger charge is 2.32. The zero-order valence-electron chi connectivity index (χ0n) is 18.2. The first-order valence-electron chi connectivity index (χ1n) is 9.87. The smallest absolute Gasteiger partial charge is 0.250 e. The highest BCUT2D eigenvalue weighted by Crippen LogP contribution is 2.33. The van der Waals surface area contributed by atoms with Gasteiger partial charge in [-0.05, 0) is 30.2 Å². The van der Waals surface area contributed by atoms with Crippen molar-refractivity contribution in [2.24, 2.45) is 0 Å². The van der Waals surface area contributed by atoms with Crippen LogP contribution in [0.3, 0.4) is 0 Å². The Bertz CT molecular complexity index is 1210. The van der Waals surface area contributed by atoms with E-state index < -0.39 is 22.0 Å². The van der Waals surface area contributed by atoms with E-state index in [-0.39, 0.29) is 17.1 Å². The van der Waals surface area contributed by atoms with Gasteiger partial charge < -0.3 is 4.74 Å². The lowest BCUT2D eigenvalue weighted by Crippen LogP contribution is -2.47. The molecule has 1 heterocycles. The molecule has 1 aromatic heterocycles. The summed E-state index contributed by atoms with van der Waals surface area (Å²) in [5, 5.41) is 11.4. The molecule has 1 N–H and O–H groups in total. The normalized spacial score (nSPS) is 12.2. The minimum atomic E-state index is -3.80. The van der Waals surface area contributed by atoms with E-state index in [9.17, 15) is 13.2 Å². The lowest BCUT2D eigenvalue weighted by atomic mass is 10.2. The van der Waals surface area contributed by atoms with Crippen molar-refractivity contribution in [1.82, 2.24) is 10.2 Å². The molecule has 0 spiro atoms. The first-order chi connectivity index (χ1) is 15.7. The predicted octanol–water partition coefficient (Wildman–Crippen LogP) is 4.68. The van der Waals surface area contributed by atoms with Crippen molar-refractivity contribution in [3.05, 3.63) is 59.1 Å². The number of anilines is 2. The second-order valence-electron chi connectivity index (χ2n) is 6.94. The first-order valence-corrected chi connectivity index (χ1v) is 13.9. The summed E-state index contributed by atoms with van der Waals surface area (Å²) in [5.74, 6) is 0.618. The minimum Gasteiger partial charge on any atom is -0.495 e. The van der Waals surface area contributed by atoms with E-state index >= 15 is 0 Å². The van der Waals surface area contributed by atoms with Crippen LogP contribution in [0.2, 0.25) is 5.02 Å². The lowest BCUT2D eigenvalue weighted by Gasteiger charge is -2.30. The number of aromatic nitrogens is 2. The van der Waals surface area contributed by atoms with Gasteiger partial charge >= 0.3 is 0 Å². The standard InChI is InChI=1S/C21H23ClN4O4S3/c1-4-17(26(33(3,28)29)15-10-11-18(30-2)16(22)12-15)19(27)23-20-24-25-21(32-20)31-13-14-8-6-5-7-9-14/h5-12,17H,4,13H2,1-3H3,(H,23,24,27). The quantitative estimate of drug-likeness (QED) is 0.302. The molecule has 1 atom stereocenters. The topological polar surface area (TPSA) is 101 Å². The largest absolute Gasteiger partial charge is 0.495 e. The van der Waals surface area contributed by atoms with E-state index in [1.807, 2.05) is 30.3 Å². The van der Waals surface area contributed by atoms with Gasteiger partial charge in [-0.25, -0.2) is 8.42 Å². The van der Waals surface area contributed by atoms with Gasteiger partial charge in [0.1, 0.15) is 11.8 Å². The number of hydrogen-bond donors (Lipinski definition) is 1. The molecule has 0 aliphatic carbocycles. The molecule has 8 nitrogen and oxygen atoms in total. The molecule has 3 rings (SSSR count). The molecular formula is C21H23ClN4O4S3. The fraction of sp³-hybridized carbons (Fsp3) is 0.286. The van der Waals surface area contributed by atoms with Crippen molar-refractivity contribution in [2.75, 3.05) is 23.0 Å². The number of methoxy groups -OCH3 is 1. The maximum absolute atomic E-state index is 13.1. The predicted molar refractivity (Wildman–Crippen MR) is 134 cm³/mol. The number of rotatable bonds is 10. The molecule has 0 saturated heterocycles. The SMILES string of the molecule is CCC(C(=O)Nc1nnc(SCc2ccccc2)s1)N(c1ccc(OC)c(Cl)c1)S(C)(=O)=O. The summed E-state index contributed by atoms with van der Waals surface area (Å²) >= 11 is 8.93. The van der Waals surface area contributed by atoms with Gasteiger partial charge in [-0.15, -0.1) is 10.2 Å². The van der Waals surface area contributed by atoms with Crippen molar-refractivity contribution < 1.29 is 17.9 Å². The van der Waals surface area contributed by atoms with E-state index in [1.54, 1.807) is 19.1 Å². The van der Waals surface area contributed by atoms with Gasteiger partial charge in [0, 0.05) is 5.75 Å². The number of benzene rings is 2. The number of nitrogens with one attached hydrogen (secondary N) is 1. The molecule has 0 bridgehead atoms. The van der Waals surface area contributed by atoms with Gasteiger partial charge in [-0.3, -0.25) is 14.4 Å². The van der Waals surface area contributed by atoms with Crippen molar-refractivity contribution >= 4 is 61.4 Å². The van der Waals surface area contributed by atoms with Crippen LogP contribution in [-0.2, 0) is 20.6 Å². The Kier molecular flexibility index (Phi) is 8.57. The number of halogens is 1. The average molecular weight is 527 g/mol. The third kappa shape index (κ3) is 6.59. The maximum Gasteiger partial charge on any atom is 0.250 e. The molecule has 1 amide bonds. The molecule has 0 radical (unpaired) electrons. The van der Waals surface area contributed by atoms with Crippen LogP contribution in [-0.4, -0.2) is 43.9 Å². The highest BCUT2D eigenvalue weighted by atomic mass is 35.5. The van der Waals surface area contributed by atoms with Crippen molar-refractivity contribution in [2.45, 2.75) is 29.5 Å². The van der Waals surface area contributed by atoms with E-state index in [0.717, 1.165) is 21.9 Å². The Morgan fingerprint density at radius 1 is 1.24 bits per heavy atom. The average Bonchev–Trinajstić information content (AvgIpc) is 3.22. The fourth-order valence-electron chi connectivity index (χ4n) is 3.08. The van der Waals surface area contributed by atoms with E-state index in [1.165, 1.54) is 36.3 Å². The Morgan fingerprint density at radius 2 is 1.97 bits per heavy atom. The number of carbonyl (C=O) groups excluding carboxylic acids is 1. The summed E-state index contributed by atoms with van der Waals surface area (Å²) in [7, 11) is -2.34. The van der Waals surface area contributed by atoms with Crippen molar-refractivity contribution in [1.29, 1.82) is 0 Å². The number of hydrogen-bond acceptors (Lipinski definition) is 8. The van der Waals surface area contributed by atoms with Gasteiger partial charge in [-0.1, -0.05) is 72.0 Å². The summed E-state index contributed by atoms with van der Waals surface area (Å²) < 4.78 is 32.1. The Morgan fingerprint density at radius 3 is 2.58 bits per heavy atom. The van der Waals surface area contributed by atoms with Crippen molar-refractivity contribution in [3.8, 4) is 5.75 Å². The Hall–Kier alpha value is -2.34. The summed E-state index contributed by atoms with van der Waals surface area (Å²) in [4.78, 5) is 13.1. The first kappa shape index (κ1) is 25.3. The van der Waals surface area contributed by atoms with Crippen LogP contribution in [0.15, 0.2) is 52.9 Å². The van der Waals surface area contributed by atoms with Crippen LogP contribution in [0.5, 0.6) is 5.75 Å². The van der Waals surface area contributed by atoms with Gasteiger partial charge in [0.05, 0.1) is 24.1 Å². The van der Waals surface area contributed by atoms with Crippen LogP contribution in [0.25, 0.3) is 0 Å². The number of carbonyl (C=O) groups is 1. The maximum atomic E-state index is 13.1. The van der Waals surface area contributed by atoms with E-state index in [4.69, 9.17) is 16.3 Å². The molecule has 0 saturated carbocycles. The lowest BCUT2D eigenvalue weighted by molar-refractivity contribution is -0.117. The molecule has 3 aromatic rings. The summed E-state index contributed by atoms with van der Waals surface area (Å²) in [6.45, 7) is 1.73. The molecule has 0 aliphatic rings. The molecule has 2 aromatic carbocycles. The molecule has 0 fully saturated rings. The van der Waals surface area contributed by atoms with Gasteiger partial charge in [0.25, 0.3) is 0 Å². The van der Waals surface area contributed by atoms with Crippen LogP contribution in [0, 0.1) is 0 Å².